The fourth-order valence-electron chi connectivity index (χ4n) is 2.25. The third kappa shape index (κ3) is 2.82. The van der Waals surface area contributed by atoms with Crippen LogP contribution in [-0.4, -0.2) is 4.98 Å². The second-order valence-electron chi connectivity index (χ2n) is 4.77. The first-order valence-corrected chi connectivity index (χ1v) is 7.32. The van der Waals surface area contributed by atoms with E-state index >= 15 is 0 Å². The summed E-state index contributed by atoms with van der Waals surface area (Å²) >= 11 is 12.4. The highest BCUT2D eigenvalue weighted by Gasteiger charge is 2.12. The van der Waals surface area contributed by atoms with Crippen LogP contribution in [0.25, 0.3) is 10.8 Å². The molecule has 0 atom stereocenters. The molecule has 0 radical (unpaired) electrons. The molecule has 0 spiro atoms. The molecule has 0 aliphatic rings. The van der Waals surface area contributed by atoms with Gasteiger partial charge >= 0.3 is 0 Å². The quantitative estimate of drug-likeness (QED) is 0.642. The molecule has 3 rings (SSSR count). The number of hydrogen-bond acceptors (Lipinski definition) is 2. The summed E-state index contributed by atoms with van der Waals surface area (Å²) in [7, 11) is 0. The number of aryl methyl sites for hydroxylation is 1. The number of benzene rings is 2. The maximum absolute atomic E-state index is 6.29. The predicted molar refractivity (Wildman–Crippen MR) is 87.3 cm³/mol. The molecule has 0 saturated heterocycles. The van der Waals surface area contributed by atoms with Crippen LogP contribution in [0.5, 0.6) is 5.75 Å². The molecule has 0 amide bonds. The van der Waals surface area contributed by atoms with E-state index in [9.17, 15) is 0 Å². The molecular formula is C17H13Cl2NO. The zero-order valence-electron chi connectivity index (χ0n) is 11.4. The number of halogens is 2. The summed E-state index contributed by atoms with van der Waals surface area (Å²) in [6, 6.07) is 13.7. The summed E-state index contributed by atoms with van der Waals surface area (Å²) in [5.74, 6) is 0.706. The van der Waals surface area contributed by atoms with Crippen LogP contribution in [0.4, 0.5) is 0 Å². The second kappa shape index (κ2) is 5.92. The van der Waals surface area contributed by atoms with Crippen molar-refractivity contribution in [1.82, 2.24) is 4.98 Å². The van der Waals surface area contributed by atoms with E-state index in [1.165, 1.54) is 0 Å². The van der Waals surface area contributed by atoms with Crippen LogP contribution in [0.1, 0.15) is 11.3 Å². The van der Waals surface area contributed by atoms with Crippen LogP contribution >= 0.6 is 23.2 Å². The molecule has 0 fully saturated rings. The zero-order chi connectivity index (χ0) is 14.8. The van der Waals surface area contributed by atoms with E-state index in [1.807, 2.05) is 43.3 Å². The topological polar surface area (TPSA) is 22.1 Å². The average molecular weight is 318 g/mol. The number of aromatic nitrogens is 1. The van der Waals surface area contributed by atoms with Gasteiger partial charge in [-0.05, 0) is 24.6 Å². The molecule has 0 saturated carbocycles. The van der Waals surface area contributed by atoms with Crippen LogP contribution in [0.15, 0.2) is 48.7 Å². The summed E-state index contributed by atoms with van der Waals surface area (Å²) in [5.41, 5.74) is 1.94. The molecule has 0 aliphatic carbocycles. The van der Waals surface area contributed by atoms with Crippen LogP contribution in [-0.2, 0) is 6.61 Å². The minimum Gasteiger partial charge on any atom is -0.487 e. The van der Waals surface area contributed by atoms with Gasteiger partial charge in [-0.15, -0.1) is 0 Å². The van der Waals surface area contributed by atoms with Gasteiger partial charge in [-0.2, -0.15) is 0 Å². The summed E-state index contributed by atoms with van der Waals surface area (Å²) in [4.78, 5) is 4.35. The Kier molecular flexibility index (Phi) is 4.00. The van der Waals surface area contributed by atoms with Crippen molar-refractivity contribution in [2.24, 2.45) is 0 Å². The smallest absolute Gasteiger partial charge is 0.145 e. The first-order chi connectivity index (χ1) is 10.2. The van der Waals surface area contributed by atoms with Crippen molar-refractivity contribution < 1.29 is 4.74 Å². The Morgan fingerprint density at radius 2 is 1.81 bits per heavy atom. The van der Waals surface area contributed by atoms with E-state index in [0.717, 1.165) is 22.0 Å². The highest BCUT2D eigenvalue weighted by molar-refractivity contribution is 6.45. The molecule has 0 bridgehead atoms. The van der Waals surface area contributed by atoms with E-state index in [-0.39, 0.29) is 0 Å². The van der Waals surface area contributed by atoms with Gasteiger partial charge < -0.3 is 4.74 Å². The van der Waals surface area contributed by atoms with Crippen LogP contribution in [0.3, 0.4) is 0 Å². The summed E-state index contributed by atoms with van der Waals surface area (Å²) in [6.45, 7) is 2.40. The summed E-state index contributed by atoms with van der Waals surface area (Å²) < 4.78 is 5.89. The van der Waals surface area contributed by atoms with Gasteiger partial charge in [-0.1, -0.05) is 53.5 Å². The zero-order valence-corrected chi connectivity index (χ0v) is 12.9. The number of hydrogen-bond donors (Lipinski definition) is 0. The van der Waals surface area contributed by atoms with E-state index < -0.39 is 0 Å². The molecule has 2 aromatic carbocycles. The second-order valence-corrected chi connectivity index (χ2v) is 5.55. The first kappa shape index (κ1) is 14.2. The first-order valence-electron chi connectivity index (χ1n) is 6.57. The minimum atomic E-state index is 0.487. The Bertz CT molecular complexity index is 788. The Morgan fingerprint density at radius 1 is 1.05 bits per heavy atom. The normalized spacial score (nSPS) is 10.8. The molecule has 21 heavy (non-hydrogen) atoms. The predicted octanol–water partition coefficient (Wildman–Crippen LogP) is 5.43. The summed E-state index contributed by atoms with van der Waals surface area (Å²) in [6.07, 6.45) is 1.73. The lowest BCUT2D eigenvalue weighted by Crippen LogP contribution is -1.97. The van der Waals surface area contributed by atoms with Crippen LogP contribution in [0, 0.1) is 6.92 Å². The lowest BCUT2D eigenvalue weighted by atomic mass is 10.1. The number of nitrogens with zero attached hydrogens (tertiary/aromatic N) is 1. The van der Waals surface area contributed by atoms with Crippen LogP contribution < -0.4 is 4.74 Å². The SMILES string of the molecule is Cc1ncc(OCc2ccccc2)c2ccc(Cl)c(Cl)c12. The molecule has 0 unspecified atom stereocenters. The van der Waals surface area contributed by atoms with Gasteiger partial charge in [0.1, 0.15) is 12.4 Å². The number of fused-ring (bicyclic) bond motifs is 1. The van der Waals surface area contributed by atoms with Crippen molar-refractivity contribution in [3.63, 3.8) is 0 Å². The molecule has 4 heteroatoms. The van der Waals surface area contributed by atoms with Gasteiger partial charge in [0.05, 0.1) is 16.2 Å². The van der Waals surface area contributed by atoms with Crippen molar-refractivity contribution in [2.75, 3.05) is 0 Å². The maximum Gasteiger partial charge on any atom is 0.145 e. The lowest BCUT2D eigenvalue weighted by molar-refractivity contribution is 0.309. The van der Waals surface area contributed by atoms with E-state index in [1.54, 1.807) is 12.3 Å². The molecule has 0 aliphatic heterocycles. The van der Waals surface area contributed by atoms with Crippen molar-refractivity contribution >= 4 is 34.0 Å². The molecule has 3 aromatic rings. The van der Waals surface area contributed by atoms with Crippen molar-refractivity contribution in [1.29, 1.82) is 0 Å². The average Bonchev–Trinajstić information content (AvgIpc) is 2.51. The Morgan fingerprint density at radius 3 is 2.57 bits per heavy atom. The van der Waals surface area contributed by atoms with Crippen LogP contribution in [0.2, 0.25) is 10.0 Å². The summed E-state index contributed by atoms with van der Waals surface area (Å²) in [5, 5.41) is 2.81. The fraction of sp³-hybridized carbons (Fsp3) is 0.118. The standard InChI is InChI=1S/C17H13Cl2NO/c1-11-16-13(7-8-14(18)17(16)19)15(9-20-11)21-10-12-5-3-2-4-6-12/h2-9H,10H2,1H3. The molecule has 0 N–H and O–H groups in total. The molecule has 106 valence electrons. The fourth-order valence-corrected chi connectivity index (χ4v) is 2.71. The van der Waals surface area contributed by atoms with E-state index in [0.29, 0.717) is 22.4 Å². The molecular weight excluding hydrogens is 305 g/mol. The molecule has 1 aromatic heterocycles. The largest absolute Gasteiger partial charge is 0.487 e. The Labute approximate surface area is 133 Å². The van der Waals surface area contributed by atoms with Gasteiger partial charge in [0, 0.05) is 16.5 Å². The monoisotopic (exact) mass is 317 g/mol. The van der Waals surface area contributed by atoms with Crippen molar-refractivity contribution in [2.45, 2.75) is 13.5 Å². The highest BCUT2D eigenvalue weighted by Crippen LogP contribution is 2.36. The Hall–Kier alpha value is -1.77. The minimum absolute atomic E-state index is 0.487. The number of pyridine rings is 1. The van der Waals surface area contributed by atoms with Crippen molar-refractivity contribution in [3.8, 4) is 5.75 Å². The maximum atomic E-state index is 6.29. The highest BCUT2D eigenvalue weighted by atomic mass is 35.5. The van der Waals surface area contributed by atoms with Gasteiger partial charge in [-0.25, -0.2) is 0 Å². The lowest BCUT2D eigenvalue weighted by Gasteiger charge is -2.12. The molecule has 1 heterocycles. The van der Waals surface area contributed by atoms with Crippen molar-refractivity contribution in [3.05, 3.63) is 70.0 Å². The third-order valence-corrected chi connectivity index (χ3v) is 4.14. The van der Waals surface area contributed by atoms with Gasteiger partial charge in [0.2, 0.25) is 0 Å². The Balaban J connectivity index is 2.00. The number of ether oxygens (including phenoxy) is 1. The number of rotatable bonds is 3. The molecule has 2 nitrogen and oxygen atoms in total. The van der Waals surface area contributed by atoms with Gasteiger partial charge in [-0.3, -0.25) is 4.98 Å². The van der Waals surface area contributed by atoms with E-state index in [2.05, 4.69) is 4.98 Å². The van der Waals surface area contributed by atoms with Gasteiger partial charge in [0.15, 0.2) is 0 Å². The van der Waals surface area contributed by atoms with Gasteiger partial charge in [0.25, 0.3) is 0 Å². The third-order valence-electron chi connectivity index (χ3n) is 3.33. The van der Waals surface area contributed by atoms with E-state index in [4.69, 9.17) is 27.9 Å².